The molecule has 8 nitrogen and oxygen atoms in total. The highest BCUT2D eigenvalue weighted by Crippen LogP contribution is 2.12. The maximum atomic E-state index is 10.3. The molecule has 1 heterocycles. The molecule has 0 aliphatic heterocycles. The minimum absolute atomic E-state index is 0.00513. The molecule has 0 amide bonds. The van der Waals surface area contributed by atoms with E-state index in [0.29, 0.717) is 6.42 Å². The molecule has 0 radical (unpaired) electrons. The van der Waals surface area contributed by atoms with Crippen LogP contribution in [-0.2, 0) is 4.79 Å². The van der Waals surface area contributed by atoms with Gasteiger partial charge in [0.1, 0.15) is 0 Å². The molecular weight excluding hydrogens is 204 g/mol. The number of rotatable bonds is 5. The van der Waals surface area contributed by atoms with E-state index in [9.17, 15) is 14.9 Å². The summed E-state index contributed by atoms with van der Waals surface area (Å²) in [5, 5.41) is 22.3. The third-order valence-corrected chi connectivity index (χ3v) is 1.89. The van der Waals surface area contributed by atoms with E-state index in [1.54, 1.807) is 6.92 Å². The third-order valence-electron chi connectivity index (χ3n) is 1.89. The molecule has 1 rings (SSSR count). The van der Waals surface area contributed by atoms with Gasteiger partial charge in [-0.05, 0) is 18.3 Å². The van der Waals surface area contributed by atoms with Crippen molar-refractivity contribution in [3.63, 3.8) is 0 Å². The third kappa shape index (κ3) is 3.01. The Kier molecular flexibility index (Phi) is 3.32. The summed E-state index contributed by atoms with van der Waals surface area (Å²) in [4.78, 5) is 23.3. The molecule has 1 N–H and O–H groups in total. The van der Waals surface area contributed by atoms with E-state index < -0.39 is 16.8 Å². The van der Waals surface area contributed by atoms with Gasteiger partial charge in [-0.3, -0.25) is 4.79 Å². The molecule has 1 atom stereocenters. The summed E-state index contributed by atoms with van der Waals surface area (Å²) in [5.41, 5.74) is 0. The van der Waals surface area contributed by atoms with Gasteiger partial charge in [0.2, 0.25) is 6.33 Å². The number of hydrogen-bond acceptors (Lipinski definition) is 5. The van der Waals surface area contributed by atoms with E-state index in [0.717, 1.165) is 0 Å². The predicted molar refractivity (Wildman–Crippen MR) is 48.3 cm³/mol. The Balaban J connectivity index is 2.61. The molecule has 0 bridgehead atoms. The minimum atomic E-state index is -0.906. The van der Waals surface area contributed by atoms with Crippen molar-refractivity contribution in [1.29, 1.82) is 0 Å². The summed E-state index contributed by atoms with van der Waals surface area (Å²) >= 11 is 0. The molecule has 1 aromatic heterocycles. The van der Waals surface area contributed by atoms with Gasteiger partial charge in [0, 0.05) is 11.5 Å². The first-order valence-corrected chi connectivity index (χ1v) is 4.28. The molecule has 0 aliphatic rings. The Labute approximate surface area is 84.7 Å². The number of carboxylic acids is 1. The molecule has 82 valence electrons. The SMILES string of the molecule is CC(CCC(=O)O)n1cnc([N+](=O)[O-])n1. The molecule has 0 spiro atoms. The van der Waals surface area contributed by atoms with Crippen LogP contribution in [0, 0.1) is 10.1 Å². The highest BCUT2D eigenvalue weighted by atomic mass is 16.6. The maximum absolute atomic E-state index is 10.3. The first-order chi connectivity index (χ1) is 7.00. The molecule has 1 unspecified atom stereocenters. The van der Waals surface area contributed by atoms with Crippen LogP contribution in [0.3, 0.4) is 0 Å². The molecule has 8 heteroatoms. The Morgan fingerprint density at radius 1 is 1.80 bits per heavy atom. The number of carboxylic acid groups (broad SMARTS) is 1. The fourth-order valence-corrected chi connectivity index (χ4v) is 1.03. The summed E-state index contributed by atoms with van der Waals surface area (Å²) < 4.78 is 1.29. The van der Waals surface area contributed by atoms with E-state index in [1.807, 2.05) is 0 Å². The molecule has 1 aromatic rings. The lowest BCUT2D eigenvalue weighted by atomic mass is 10.2. The summed E-state index contributed by atoms with van der Waals surface area (Å²) in [5.74, 6) is -1.38. The van der Waals surface area contributed by atoms with Crippen LogP contribution in [0.2, 0.25) is 0 Å². The molecule has 0 saturated heterocycles. The van der Waals surface area contributed by atoms with Crippen LogP contribution in [0.5, 0.6) is 0 Å². The number of aromatic nitrogens is 3. The van der Waals surface area contributed by atoms with Crippen molar-refractivity contribution >= 4 is 11.9 Å². The van der Waals surface area contributed by atoms with E-state index in [1.165, 1.54) is 11.0 Å². The smallest absolute Gasteiger partial charge is 0.481 e. The van der Waals surface area contributed by atoms with Gasteiger partial charge in [0.15, 0.2) is 0 Å². The number of aliphatic carboxylic acids is 1. The van der Waals surface area contributed by atoms with E-state index in [4.69, 9.17) is 5.11 Å². The van der Waals surface area contributed by atoms with Crippen LogP contribution >= 0.6 is 0 Å². The van der Waals surface area contributed by atoms with E-state index in [-0.39, 0.29) is 12.5 Å². The van der Waals surface area contributed by atoms with Crippen LogP contribution in [0.15, 0.2) is 6.33 Å². The number of hydrogen-bond donors (Lipinski definition) is 1. The normalized spacial score (nSPS) is 12.3. The van der Waals surface area contributed by atoms with Gasteiger partial charge < -0.3 is 15.2 Å². The fraction of sp³-hybridized carbons (Fsp3) is 0.571. The molecule has 0 aliphatic carbocycles. The number of nitro groups is 1. The molecule has 0 fully saturated rings. The van der Waals surface area contributed by atoms with Gasteiger partial charge in [-0.2, -0.15) is 4.68 Å². The maximum Gasteiger partial charge on any atom is 0.490 e. The monoisotopic (exact) mass is 214 g/mol. The van der Waals surface area contributed by atoms with Crippen molar-refractivity contribution in [2.75, 3.05) is 0 Å². The molecule has 0 saturated carbocycles. The Morgan fingerprint density at radius 2 is 2.47 bits per heavy atom. The highest BCUT2D eigenvalue weighted by Gasteiger charge is 2.17. The summed E-state index contributed by atoms with van der Waals surface area (Å²) in [6.07, 6.45) is 1.58. The van der Waals surface area contributed by atoms with Crippen LogP contribution in [-0.4, -0.2) is 30.8 Å². The number of carbonyl (C=O) groups is 1. The topological polar surface area (TPSA) is 111 Å². The first-order valence-electron chi connectivity index (χ1n) is 4.28. The van der Waals surface area contributed by atoms with E-state index >= 15 is 0 Å². The predicted octanol–water partition coefficient (Wildman–Crippen LogP) is 0.612. The summed E-state index contributed by atoms with van der Waals surface area (Å²) in [6, 6.07) is -0.220. The van der Waals surface area contributed by atoms with Gasteiger partial charge in [-0.25, -0.2) is 0 Å². The Bertz CT molecular complexity index is 375. The second-order valence-electron chi connectivity index (χ2n) is 3.06. The van der Waals surface area contributed by atoms with Gasteiger partial charge in [-0.1, -0.05) is 4.98 Å². The van der Waals surface area contributed by atoms with Gasteiger partial charge in [0.25, 0.3) is 0 Å². The zero-order valence-electron chi connectivity index (χ0n) is 8.03. The number of nitrogens with zero attached hydrogens (tertiary/aromatic N) is 4. The lowest BCUT2D eigenvalue weighted by Gasteiger charge is -2.05. The van der Waals surface area contributed by atoms with Crippen molar-refractivity contribution in [2.24, 2.45) is 0 Å². The standard InChI is InChI=1S/C7H10N4O4/c1-5(2-3-6(12)13)10-4-8-7(9-10)11(14)15/h4-5H,2-3H2,1H3,(H,12,13). The van der Waals surface area contributed by atoms with Gasteiger partial charge in [0.05, 0.1) is 6.04 Å². The molecule has 15 heavy (non-hydrogen) atoms. The van der Waals surface area contributed by atoms with Crippen LogP contribution in [0.1, 0.15) is 25.8 Å². The first kappa shape index (κ1) is 11.1. The average molecular weight is 214 g/mol. The average Bonchev–Trinajstić information content (AvgIpc) is 2.62. The molecule has 0 aromatic carbocycles. The van der Waals surface area contributed by atoms with Gasteiger partial charge in [-0.15, -0.1) is 0 Å². The lowest BCUT2D eigenvalue weighted by Crippen LogP contribution is -2.08. The van der Waals surface area contributed by atoms with Gasteiger partial charge >= 0.3 is 11.9 Å². The zero-order valence-corrected chi connectivity index (χ0v) is 8.03. The lowest BCUT2D eigenvalue weighted by molar-refractivity contribution is -0.394. The second kappa shape index (κ2) is 4.49. The molecular formula is C7H10N4O4. The Morgan fingerprint density at radius 3 is 2.93 bits per heavy atom. The second-order valence-corrected chi connectivity index (χ2v) is 3.06. The van der Waals surface area contributed by atoms with Crippen LogP contribution in [0.25, 0.3) is 0 Å². The minimum Gasteiger partial charge on any atom is -0.481 e. The quantitative estimate of drug-likeness (QED) is 0.567. The van der Waals surface area contributed by atoms with Crippen molar-refractivity contribution < 1.29 is 14.8 Å². The van der Waals surface area contributed by atoms with Crippen LogP contribution < -0.4 is 0 Å². The summed E-state index contributed by atoms with van der Waals surface area (Å²) in [7, 11) is 0. The Hall–Kier alpha value is -1.99. The van der Waals surface area contributed by atoms with Crippen molar-refractivity contribution in [3.05, 3.63) is 16.4 Å². The fourth-order valence-electron chi connectivity index (χ4n) is 1.03. The summed E-state index contributed by atoms with van der Waals surface area (Å²) in [6.45, 7) is 1.72. The van der Waals surface area contributed by atoms with Crippen LogP contribution in [0.4, 0.5) is 5.95 Å². The van der Waals surface area contributed by atoms with Crippen molar-refractivity contribution in [3.8, 4) is 0 Å². The zero-order chi connectivity index (χ0) is 11.4. The van der Waals surface area contributed by atoms with E-state index in [2.05, 4.69) is 10.1 Å². The van der Waals surface area contributed by atoms with Crippen molar-refractivity contribution in [2.45, 2.75) is 25.8 Å². The van der Waals surface area contributed by atoms with Crippen molar-refractivity contribution in [1.82, 2.24) is 14.8 Å². The largest absolute Gasteiger partial charge is 0.490 e. The highest BCUT2D eigenvalue weighted by molar-refractivity contribution is 5.66.